The fourth-order valence-corrected chi connectivity index (χ4v) is 3.46. The first-order valence-corrected chi connectivity index (χ1v) is 9.96. The van der Waals surface area contributed by atoms with Gasteiger partial charge >= 0.3 is 0 Å². The lowest BCUT2D eigenvalue weighted by Gasteiger charge is -2.28. The summed E-state index contributed by atoms with van der Waals surface area (Å²) >= 11 is 0. The van der Waals surface area contributed by atoms with E-state index < -0.39 is 6.10 Å². The molecule has 1 N–H and O–H groups in total. The number of nitrogens with zero attached hydrogens (tertiary/aromatic N) is 1. The van der Waals surface area contributed by atoms with Crippen LogP contribution in [0.15, 0.2) is 48.5 Å². The fourth-order valence-electron chi connectivity index (χ4n) is 3.46. The quantitative estimate of drug-likeness (QED) is 0.763. The molecule has 1 aliphatic rings. The highest BCUT2D eigenvalue weighted by Gasteiger charge is 2.18. The van der Waals surface area contributed by atoms with E-state index in [1.165, 1.54) is 24.9 Å². The molecule has 0 radical (unpaired) electrons. The van der Waals surface area contributed by atoms with Gasteiger partial charge in [0.1, 0.15) is 5.75 Å². The summed E-state index contributed by atoms with van der Waals surface area (Å²) in [5, 5.41) is 2.96. The van der Waals surface area contributed by atoms with Gasteiger partial charge in [-0.3, -0.25) is 4.79 Å². The SMILES string of the molecule is CC(C)c1ccccc1O[C@H](C)C(=O)Nc1ccc(N2CCCCC2)cc1. The summed E-state index contributed by atoms with van der Waals surface area (Å²) in [6.45, 7) is 8.26. The van der Waals surface area contributed by atoms with Crippen LogP contribution < -0.4 is 15.0 Å². The number of para-hydroxylation sites is 1. The molecule has 4 nitrogen and oxygen atoms in total. The molecule has 1 fully saturated rings. The van der Waals surface area contributed by atoms with Crippen LogP contribution in [-0.4, -0.2) is 25.1 Å². The molecule has 144 valence electrons. The van der Waals surface area contributed by atoms with Gasteiger partial charge in [0.05, 0.1) is 0 Å². The van der Waals surface area contributed by atoms with E-state index in [0.717, 1.165) is 30.1 Å². The first kappa shape index (κ1) is 19.3. The van der Waals surface area contributed by atoms with Crippen LogP contribution in [0, 0.1) is 0 Å². The summed E-state index contributed by atoms with van der Waals surface area (Å²) in [6.07, 6.45) is 3.27. The average molecular weight is 367 g/mol. The molecule has 0 unspecified atom stereocenters. The normalized spacial score (nSPS) is 15.5. The molecule has 1 atom stereocenters. The first-order valence-electron chi connectivity index (χ1n) is 9.96. The Morgan fingerprint density at radius 2 is 1.63 bits per heavy atom. The molecule has 2 aromatic carbocycles. The highest BCUT2D eigenvalue weighted by atomic mass is 16.5. The molecule has 0 aromatic heterocycles. The number of carbonyl (C=O) groups excluding carboxylic acids is 1. The van der Waals surface area contributed by atoms with Crippen molar-refractivity contribution in [2.45, 2.75) is 52.1 Å². The molecule has 0 saturated carbocycles. The molecule has 0 bridgehead atoms. The third-order valence-corrected chi connectivity index (χ3v) is 5.07. The van der Waals surface area contributed by atoms with E-state index in [1.807, 2.05) is 36.4 Å². The van der Waals surface area contributed by atoms with E-state index in [1.54, 1.807) is 6.92 Å². The van der Waals surface area contributed by atoms with Crippen LogP contribution in [0.5, 0.6) is 5.75 Å². The van der Waals surface area contributed by atoms with Crippen LogP contribution in [0.2, 0.25) is 0 Å². The second kappa shape index (κ2) is 8.94. The Morgan fingerprint density at radius 1 is 0.963 bits per heavy atom. The summed E-state index contributed by atoms with van der Waals surface area (Å²) in [6, 6.07) is 16.0. The van der Waals surface area contributed by atoms with Crippen molar-refractivity contribution in [1.82, 2.24) is 0 Å². The highest BCUT2D eigenvalue weighted by molar-refractivity contribution is 5.94. The minimum atomic E-state index is -0.563. The van der Waals surface area contributed by atoms with Gasteiger partial charge in [0.25, 0.3) is 5.91 Å². The van der Waals surface area contributed by atoms with Gasteiger partial charge in [-0.25, -0.2) is 0 Å². The number of hydrogen-bond acceptors (Lipinski definition) is 3. The molecule has 0 aliphatic carbocycles. The van der Waals surface area contributed by atoms with Gasteiger partial charge in [0, 0.05) is 24.5 Å². The Labute approximate surface area is 162 Å². The third-order valence-electron chi connectivity index (χ3n) is 5.07. The predicted octanol–water partition coefficient (Wildman–Crippen LogP) is 5.21. The molecule has 1 heterocycles. The highest BCUT2D eigenvalue weighted by Crippen LogP contribution is 2.27. The molecule has 1 saturated heterocycles. The second-order valence-electron chi connectivity index (χ2n) is 7.54. The van der Waals surface area contributed by atoms with Crippen LogP contribution in [0.4, 0.5) is 11.4 Å². The number of piperidine rings is 1. The van der Waals surface area contributed by atoms with E-state index in [2.05, 4.69) is 36.2 Å². The summed E-state index contributed by atoms with van der Waals surface area (Å²) in [7, 11) is 0. The van der Waals surface area contributed by atoms with Gasteiger partial charge in [0.2, 0.25) is 0 Å². The zero-order valence-electron chi connectivity index (χ0n) is 16.6. The van der Waals surface area contributed by atoms with Gasteiger partial charge in [-0.2, -0.15) is 0 Å². The number of hydrogen-bond donors (Lipinski definition) is 1. The summed E-state index contributed by atoms with van der Waals surface area (Å²) in [5.74, 6) is 0.980. The van der Waals surface area contributed by atoms with Crippen LogP contribution in [0.3, 0.4) is 0 Å². The van der Waals surface area contributed by atoms with Crippen LogP contribution >= 0.6 is 0 Å². The maximum absolute atomic E-state index is 12.5. The molecule has 0 spiro atoms. The molecular weight excluding hydrogens is 336 g/mol. The lowest BCUT2D eigenvalue weighted by Crippen LogP contribution is -2.31. The van der Waals surface area contributed by atoms with Crippen molar-refractivity contribution in [3.63, 3.8) is 0 Å². The Bertz CT molecular complexity index is 749. The molecule has 27 heavy (non-hydrogen) atoms. The van der Waals surface area contributed by atoms with Crippen molar-refractivity contribution in [1.29, 1.82) is 0 Å². The van der Waals surface area contributed by atoms with Crippen LogP contribution in [0.25, 0.3) is 0 Å². The minimum Gasteiger partial charge on any atom is -0.481 e. The molecule has 4 heteroatoms. The zero-order valence-corrected chi connectivity index (χ0v) is 16.6. The van der Waals surface area contributed by atoms with Gasteiger partial charge in [-0.15, -0.1) is 0 Å². The van der Waals surface area contributed by atoms with Crippen LogP contribution in [-0.2, 0) is 4.79 Å². The Morgan fingerprint density at radius 3 is 2.30 bits per heavy atom. The Hall–Kier alpha value is -2.49. The van der Waals surface area contributed by atoms with Crippen molar-refractivity contribution >= 4 is 17.3 Å². The summed E-state index contributed by atoms with van der Waals surface area (Å²) in [4.78, 5) is 14.9. The van der Waals surface area contributed by atoms with Crippen molar-refractivity contribution < 1.29 is 9.53 Å². The summed E-state index contributed by atoms with van der Waals surface area (Å²) in [5.41, 5.74) is 3.14. The smallest absolute Gasteiger partial charge is 0.265 e. The topological polar surface area (TPSA) is 41.6 Å². The maximum atomic E-state index is 12.5. The first-order chi connectivity index (χ1) is 13.0. The van der Waals surface area contributed by atoms with Gasteiger partial charge in [-0.05, 0) is 68.0 Å². The van der Waals surface area contributed by atoms with E-state index in [-0.39, 0.29) is 5.91 Å². The zero-order chi connectivity index (χ0) is 19.2. The second-order valence-corrected chi connectivity index (χ2v) is 7.54. The van der Waals surface area contributed by atoms with E-state index >= 15 is 0 Å². The lowest BCUT2D eigenvalue weighted by atomic mass is 10.0. The van der Waals surface area contributed by atoms with Gasteiger partial charge in [-0.1, -0.05) is 32.0 Å². The largest absolute Gasteiger partial charge is 0.481 e. The van der Waals surface area contributed by atoms with Gasteiger partial charge < -0.3 is 15.0 Å². The van der Waals surface area contributed by atoms with Crippen molar-refractivity contribution in [3.8, 4) is 5.75 Å². The molecule has 1 aliphatic heterocycles. The summed E-state index contributed by atoms with van der Waals surface area (Å²) < 4.78 is 5.94. The number of ether oxygens (including phenoxy) is 1. The standard InChI is InChI=1S/C23H30N2O2/c1-17(2)21-9-5-6-10-22(21)27-18(3)23(26)24-19-11-13-20(14-12-19)25-15-7-4-8-16-25/h5-6,9-14,17-18H,4,7-8,15-16H2,1-3H3,(H,24,26)/t18-/m1/s1. The Kier molecular flexibility index (Phi) is 6.38. The van der Waals surface area contributed by atoms with Crippen molar-refractivity contribution in [3.05, 3.63) is 54.1 Å². The average Bonchev–Trinajstić information content (AvgIpc) is 2.69. The lowest BCUT2D eigenvalue weighted by molar-refractivity contribution is -0.122. The number of carbonyl (C=O) groups is 1. The molecule has 2 aromatic rings. The third kappa shape index (κ3) is 5.03. The van der Waals surface area contributed by atoms with Crippen LogP contribution in [0.1, 0.15) is 51.5 Å². The maximum Gasteiger partial charge on any atom is 0.265 e. The molecule has 3 rings (SSSR count). The Balaban J connectivity index is 1.59. The number of rotatable bonds is 6. The number of anilines is 2. The fraction of sp³-hybridized carbons (Fsp3) is 0.435. The predicted molar refractivity (Wildman–Crippen MR) is 112 cm³/mol. The van der Waals surface area contributed by atoms with Crippen molar-refractivity contribution in [2.24, 2.45) is 0 Å². The van der Waals surface area contributed by atoms with Crippen molar-refractivity contribution in [2.75, 3.05) is 23.3 Å². The molecular formula is C23H30N2O2. The number of benzene rings is 2. The number of nitrogens with one attached hydrogen (secondary N) is 1. The van der Waals surface area contributed by atoms with E-state index in [0.29, 0.717) is 5.92 Å². The minimum absolute atomic E-state index is 0.140. The number of amides is 1. The van der Waals surface area contributed by atoms with Gasteiger partial charge in [0.15, 0.2) is 6.10 Å². The van der Waals surface area contributed by atoms with E-state index in [9.17, 15) is 4.79 Å². The monoisotopic (exact) mass is 366 g/mol. The molecule has 1 amide bonds. The van der Waals surface area contributed by atoms with E-state index in [4.69, 9.17) is 4.74 Å².